The summed E-state index contributed by atoms with van der Waals surface area (Å²) in [5.74, 6) is -0.910. The summed E-state index contributed by atoms with van der Waals surface area (Å²) in [4.78, 5) is 34.7. The average Bonchev–Trinajstić information content (AvgIpc) is 2.38. The molecular formula is C14H18N2O4. The predicted molar refractivity (Wildman–Crippen MR) is 75.0 cm³/mol. The number of hydrogen-bond acceptors (Lipinski definition) is 3. The number of aliphatic carboxylic acids is 1. The lowest BCUT2D eigenvalue weighted by Gasteiger charge is -2.17. The van der Waals surface area contributed by atoms with Crippen molar-refractivity contribution >= 4 is 23.5 Å². The molecule has 0 aliphatic heterocycles. The van der Waals surface area contributed by atoms with Gasteiger partial charge in [0.25, 0.3) is 0 Å². The van der Waals surface area contributed by atoms with Gasteiger partial charge in [-0.2, -0.15) is 0 Å². The molecule has 6 heteroatoms. The Morgan fingerprint density at radius 2 is 1.80 bits per heavy atom. The number of carboxylic acid groups (broad SMARTS) is 1. The zero-order chi connectivity index (χ0) is 15.1. The highest BCUT2D eigenvalue weighted by molar-refractivity contribution is 5.95. The van der Waals surface area contributed by atoms with E-state index in [1.54, 1.807) is 31.3 Å². The summed E-state index contributed by atoms with van der Waals surface area (Å²) < 4.78 is 0. The standard InChI is InChI=1S/C14H18N2O4/c1-10(17)11-5-7-12(8-6-11)15-14(20)16(2)9-3-4-13(18)19/h5-8H,3-4,9H2,1-2H3,(H,15,20)(H,18,19). The van der Waals surface area contributed by atoms with Gasteiger partial charge in [-0.15, -0.1) is 0 Å². The number of rotatable bonds is 6. The van der Waals surface area contributed by atoms with E-state index in [2.05, 4.69) is 5.32 Å². The molecule has 1 rings (SSSR count). The van der Waals surface area contributed by atoms with Crippen molar-refractivity contribution in [1.29, 1.82) is 0 Å². The first-order valence-corrected chi connectivity index (χ1v) is 6.25. The molecule has 0 bridgehead atoms. The summed E-state index contributed by atoms with van der Waals surface area (Å²) >= 11 is 0. The molecule has 0 atom stereocenters. The summed E-state index contributed by atoms with van der Waals surface area (Å²) in [6.45, 7) is 1.84. The van der Waals surface area contributed by atoms with Crippen LogP contribution in [0.15, 0.2) is 24.3 Å². The second kappa shape index (κ2) is 7.28. The number of nitrogens with zero attached hydrogens (tertiary/aromatic N) is 1. The molecule has 0 saturated carbocycles. The van der Waals surface area contributed by atoms with Gasteiger partial charge in [-0.05, 0) is 37.6 Å². The molecule has 6 nitrogen and oxygen atoms in total. The third-order valence-corrected chi connectivity index (χ3v) is 2.77. The maximum Gasteiger partial charge on any atom is 0.321 e. The van der Waals surface area contributed by atoms with E-state index in [-0.39, 0.29) is 18.2 Å². The van der Waals surface area contributed by atoms with E-state index in [9.17, 15) is 14.4 Å². The molecular weight excluding hydrogens is 260 g/mol. The van der Waals surface area contributed by atoms with E-state index in [0.717, 1.165) is 0 Å². The van der Waals surface area contributed by atoms with E-state index in [1.807, 2.05) is 0 Å². The fraction of sp³-hybridized carbons (Fsp3) is 0.357. The van der Waals surface area contributed by atoms with Crippen LogP contribution in [0, 0.1) is 0 Å². The molecule has 0 unspecified atom stereocenters. The number of urea groups is 1. The van der Waals surface area contributed by atoms with Crippen LogP contribution in [0.5, 0.6) is 0 Å². The number of nitrogens with one attached hydrogen (secondary N) is 1. The number of hydrogen-bond donors (Lipinski definition) is 2. The van der Waals surface area contributed by atoms with Crippen LogP contribution in [0.3, 0.4) is 0 Å². The maximum atomic E-state index is 11.8. The molecule has 0 radical (unpaired) electrons. The second-order valence-corrected chi connectivity index (χ2v) is 4.48. The van der Waals surface area contributed by atoms with Gasteiger partial charge in [-0.25, -0.2) is 4.79 Å². The summed E-state index contributed by atoms with van der Waals surface area (Å²) in [5.41, 5.74) is 1.17. The van der Waals surface area contributed by atoms with Gasteiger partial charge in [-0.3, -0.25) is 9.59 Å². The number of benzene rings is 1. The van der Waals surface area contributed by atoms with Crippen LogP contribution in [0.4, 0.5) is 10.5 Å². The molecule has 108 valence electrons. The van der Waals surface area contributed by atoms with Gasteiger partial charge >= 0.3 is 12.0 Å². The third kappa shape index (κ3) is 5.09. The Labute approximate surface area is 117 Å². The van der Waals surface area contributed by atoms with Crippen LogP contribution in [0.1, 0.15) is 30.1 Å². The van der Waals surface area contributed by atoms with Gasteiger partial charge in [-0.1, -0.05) is 0 Å². The lowest BCUT2D eigenvalue weighted by Crippen LogP contribution is -2.32. The Morgan fingerprint density at radius 1 is 1.20 bits per heavy atom. The molecule has 0 saturated heterocycles. The summed E-state index contributed by atoms with van der Waals surface area (Å²) in [5, 5.41) is 11.2. The quantitative estimate of drug-likeness (QED) is 0.781. The largest absolute Gasteiger partial charge is 0.481 e. The number of anilines is 1. The first-order chi connectivity index (χ1) is 9.40. The lowest BCUT2D eigenvalue weighted by atomic mass is 10.1. The highest BCUT2D eigenvalue weighted by Gasteiger charge is 2.09. The molecule has 0 heterocycles. The summed E-state index contributed by atoms with van der Waals surface area (Å²) in [6, 6.07) is 6.27. The monoisotopic (exact) mass is 278 g/mol. The minimum absolute atomic E-state index is 0.0327. The Hall–Kier alpha value is -2.37. The maximum absolute atomic E-state index is 11.8. The number of Topliss-reactive ketones (excluding diaryl/α,β-unsaturated/α-hetero) is 1. The van der Waals surface area contributed by atoms with Crippen LogP contribution in [-0.4, -0.2) is 41.4 Å². The molecule has 0 fully saturated rings. The summed E-state index contributed by atoms with van der Waals surface area (Å²) in [6.07, 6.45) is 0.438. The number of carbonyl (C=O) groups is 3. The zero-order valence-corrected chi connectivity index (χ0v) is 11.5. The van der Waals surface area contributed by atoms with Crippen LogP contribution in [0.25, 0.3) is 0 Å². The van der Waals surface area contributed by atoms with Crippen LogP contribution in [0.2, 0.25) is 0 Å². The molecule has 1 aromatic carbocycles. The Morgan fingerprint density at radius 3 is 2.30 bits per heavy atom. The number of amides is 2. The minimum atomic E-state index is -0.876. The van der Waals surface area contributed by atoms with Gasteiger partial charge in [0.15, 0.2) is 5.78 Å². The van der Waals surface area contributed by atoms with Crippen LogP contribution < -0.4 is 5.32 Å². The Balaban J connectivity index is 2.48. The topological polar surface area (TPSA) is 86.7 Å². The highest BCUT2D eigenvalue weighted by atomic mass is 16.4. The van der Waals surface area contributed by atoms with Gasteiger partial charge in [0.1, 0.15) is 0 Å². The van der Waals surface area contributed by atoms with E-state index in [1.165, 1.54) is 11.8 Å². The normalized spacial score (nSPS) is 9.90. The molecule has 20 heavy (non-hydrogen) atoms. The van der Waals surface area contributed by atoms with Crippen LogP contribution >= 0.6 is 0 Å². The SMILES string of the molecule is CC(=O)c1ccc(NC(=O)N(C)CCCC(=O)O)cc1. The van der Waals surface area contributed by atoms with Gasteiger partial charge in [0, 0.05) is 31.3 Å². The first kappa shape index (κ1) is 15.7. The van der Waals surface area contributed by atoms with Crippen molar-refractivity contribution in [1.82, 2.24) is 4.90 Å². The zero-order valence-electron chi connectivity index (χ0n) is 11.5. The predicted octanol–water partition coefficient (Wildman–Crippen LogP) is 2.22. The minimum Gasteiger partial charge on any atom is -0.481 e. The van der Waals surface area contributed by atoms with Crippen molar-refractivity contribution in [3.63, 3.8) is 0 Å². The van der Waals surface area contributed by atoms with E-state index in [0.29, 0.717) is 24.2 Å². The van der Waals surface area contributed by atoms with Crippen molar-refractivity contribution in [3.8, 4) is 0 Å². The van der Waals surface area contributed by atoms with Crippen molar-refractivity contribution < 1.29 is 19.5 Å². The third-order valence-electron chi connectivity index (χ3n) is 2.77. The summed E-state index contributed by atoms with van der Waals surface area (Å²) in [7, 11) is 1.60. The number of carboxylic acids is 1. The molecule has 2 amide bonds. The van der Waals surface area contributed by atoms with Crippen molar-refractivity contribution in [3.05, 3.63) is 29.8 Å². The van der Waals surface area contributed by atoms with Crippen molar-refractivity contribution in [2.45, 2.75) is 19.8 Å². The first-order valence-electron chi connectivity index (χ1n) is 6.25. The fourth-order valence-electron chi connectivity index (χ4n) is 1.58. The molecule has 2 N–H and O–H groups in total. The molecule has 1 aromatic rings. The molecule has 0 aromatic heterocycles. The van der Waals surface area contributed by atoms with Gasteiger partial charge < -0.3 is 15.3 Å². The molecule has 0 aliphatic carbocycles. The average molecular weight is 278 g/mol. The lowest BCUT2D eigenvalue weighted by molar-refractivity contribution is -0.137. The number of carbonyl (C=O) groups excluding carboxylic acids is 2. The van der Waals surface area contributed by atoms with E-state index >= 15 is 0 Å². The highest BCUT2D eigenvalue weighted by Crippen LogP contribution is 2.10. The van der Waals surface area contributed by atoms with Crippen LogP contribution in [-0.2, 0) is 4.79 Å². The van der Waals surface area contributed by atoms with Gasteiger partial charge in [0.2, 0.25) is 0 Å². The van der Waals surface area contributed by atoms with Crippen molar-refractivity contribution in [2.75, 3.05) is 18.9 Å². The fourth-order valence-corrected chi connectivity index (χ4v) is 1.58. The molecule has 0 aliphatic rings. The number of ketones is 1. The van der Waals surface area contributed by atoms with E-state index in [4.69, 9.17) is 5.11 Å². The Bertz CT molecular complexity index is 496. The van der Waals surface area contributed by atoms with E-state index < -0.39 is 5.97 Å². The van der Waals surface area contributed by atoms with Gasteiger partial charge in [0.05, 0.1) is 0 Å². The second-order valence-electron chi connectivity index (χ2n) is 4.48. The Kier molecular flexibility index (Phi) is 5.71. The van der Waals surface area contributed by atoms with Crippen molar-refractivity contribution in [2.24, 2.45) is 0 Å². The smallest absolute Gasteiger partial charge is 0.321 e. The molecule has 0 spiro atoms.